The van der Waals surface area contributed by atoms with Gasteiger partial charge in [-0.15, -0.1) is 0 Å². The van der Waals surface area contributed by atoms with Gasteiger partial charge in [0.1, 0.15) is 0 Å². The van der Waals surface area contributed by atoms with Gasteiger partial charge in [0.25, 0.3) is 0 Å². The van der Waals surface area contributed by atoms with E-state index in [1.54, 1.807) is 7.11 Å². The van der Waals surface area contributed by atoms with Gasteiger partial charge in [-0.25, -0.2) is 4.98 Å². The van der Waals surface area contributed by atoms with Crippen LogP contribution in [0.1, 0.15) is 24.4 Å². The topological polar surface area (TPSA) is 54.8 Å². The van der Waals surface area contributed by atoms with E-state index in [2.05, 4.69) is 23.7 Å². The van der Waals surface area contributed by atoms with Crippen LogP contribution in [0.25, 0.3) is 0 Å². The van der Waals surface area contributed by atoms with Crippen molar-refractivity contribution >= 4 is 16.5 Å². The molecule has 0 radical (unpaired) electrons. The molecule has 2 rings (SSSR count). The zero-order valence-electron chi connectivity index (χ0n) is 11.1. The maximum absolute atomic E-state index is 9.36. The number of ether oxygens (including phenoxy) is 2. The molecule has 6 heteroatoms. The third-order valence-corrected chi connectivity index (χ3v) is 4.17. The van der Waals surface area contributed by atoms with E-state index >= 15 is 0 Å². The minimum Gasteiger partial charge on any atom is -0.391 e. The highest BCUT2D eigenvalue weighted by molar-refractivity contribution is 7.15. The van der Waals surface area contributed by atoms with E-state index in [1.165, 1.54) is 11.3 Å². The summed E-state index contributed by atoms with van der Waals surface area (Å²) in [6.07, 6.45) is 0. The van der Waals surface area contributed by atoms with Gasteiger partial charge in [-0.05, 0) is 13.8 Å². The Bertz CT molecular complexity index is 406. The Kier molecular flexibility index (Phi) is 4.21. The lowest BCUT2D eigenvalue weighted by Crippen LogP contribution is -2.53. The molecule has 1 aliphatic heterocycles. The maximum atomic E-state index is 9.36. The molecule has 102 valence electrons. The number of anilines is 1. The molecule has 0 saturated carbocycles. The number of hydrogen-bond acceptors (Lipinski definition) is 6. The summed E-state index contributed by atoms with van der Waals surface area (Å²) in [5.74, 6) is 0. The number of aliphatic hydroxyl groups excluding tert-OH is 1. The summed E-state index contributed by atoms with van der Waals surface area (Å²) in [5.41, 5.74) is 0.773. The molecule has 18 heavy (non-hydrogen) atoms. The van der Waals surface area contributed by atoms with Crippen molar-refractivity contribution in [3.8, 4) is 0 Å². The number of rotatable bonds is 4. The van der Waals surface area contributed by atoms with Gasteiger partial charge >= 0.3 is 0 Å². The van der Waals surface area contributed by atoms with E-state index in [1.807, 2.05) is 0 Å². The fourth-order valence-corrected chi connectivity index (χ4v) is 3.18. The first kappa shape index (κ1) is 13.7. The zero-order chi connectivity index (χ0) is 13.2. The largest absolute Gasteiger partial charge is 0.391 e. The predicted molar refractivity (Wildman–Crippen MR) is 71.0 cm³/mol. The number of morpholine rings is 1. The summed E-state index contributed by atoms with van der Waals surface area (Å²) in [4.78, 5) is 7.73. The molecule has 1 saturated heterocycles. The number of aliphatic hydroxyl groups is 1. The first-order valence-electron chi connectivity index (χ1n) is 6.02. The van der Waals surface area contributed by atoms with Crippen LogP contribution in [0.5, 0.6) is 0 Å². The average molecular weight is 272 g/mol. The molecular formula is C12H20N2O3S. The molecule has 0 aromatic carbocycles. The molecule has 2 heterocycles. The van der Waals surface area contributed by atoms with Gasteiger partial charge in [-0.3, -0.25) is 0 Å². The first-order chi connectivity index (χ1) is 8.58. The average Bonchev–Trinajstić information content (AvgIpc) is 2.72. The van der Waals surface area contributed by atoms with Crippen molar-refractivity contribution in [1.29, 1.82) is 0 Å². The highest BCUT2D eigenvalue weighted by atomic mass is 32.1. The number of methoxy groups -OCH3 is 1. The molecule has 1 N–H and O–H groups in total. The highest BCUT2D eigenvalue weighted by Crippen LogP contribution is 2.33. The molecule has 1 aromatic rings. The minimum atomic E-state index is -0.0623. The molecule has 1 aromatic heterocycles. The monoisotopic (exact) mass is 272 g/mol. The number of aromatic nitrogens is 1. The lowest BCUT2D eigenvalue weighted by Gasteiger charge is -2.42. The second kappa shape index (κ2) is 5.52. The van der Waals surface area contributed by atoms with Crippen LogP contribution in [0.4, 0.5) is 5.13 Å². The van der Waals surface area contributed by atoms with Crippen LogP contribution in [-0.2, 0) is 22.7 Å². The van der Waals surface area contributed by atoms with Gasteiger partial charge in [0, 0.05) is 13.7 Å². The van der Waals surface area contributed by atoms with Crippen molar-refractivity contribution in [3.63, 3.8) is 0 Å². The lowest BCUT2D eigenvalue weighted by atomic mass is 10.0. The Balaban J connectivity index is 2.26. The molecular weight excluding hydrogens is 252 g/mol. The van der Waals surface area contributed by atoms with Crippen LogP contribution < -0.4 is 4.90 Å². The summed E-state index contributed by atoms with van der Waals surface area (Å²) >= 11 is 1.54. The molecule has 0 unspecified atom stereocenters. The standard InChI is InChI=1S/C12H20N2O3S/c1-12(2)8-17-5-4-14(12)11-13-9(7-16-3)10(6-15)18-11/h15H,4-8H2,1-3H3. The third kappa shape index (κ3) is 2.66. The van der Waals surface area contributed by atoms with Gasteiger partial charge < -0.3 is 19.5 Å². The fourth-order valence-electron chi connectivity index (χ4n) is 2.07. The van der Waals surface area contributed by atoms with Crippen LogP contribution in [0.2, 0.25) is 0 Å². The summed E-state index contributed by atoms with van der Waals surface area (Å²) in [6.45, 7) is 6.98. The number of thiazole rings is 1. The van der Waals surface area contributed by atoms with Crippen LogP contribution in [0.3, 0.4) is 0 Å². The maximum Gasteiger partial charge on any atom is 0.186 e. The quantitative estimate of drug-likeness (QED) is 0.898. The van der Waals surface area contributed by atoms with Crippen LogP contribution >= 0.6 is 11.3 Å². The van der Waals surface area contributed by atoms with Gasteiger partial charge in [0.2, 0.25) is 0 Å². The van der Waals surface area contributed by atoms with Gasteiger partial charge in [0.05, 0.1) is 42.5 Å². The van der Waals surface area contributed by atoms with Gasteiger partial charge in [-0.2, -0.15) is 0 Å². The Labute approximate surface area is 111 Å². The van der Waals surface area contributed by atoms with E-state index in [0.717, 1.165) is 28.9 Å². The van der Waals surface area contributed by atoms with Crippen molar-refractivity contribution < 1.29 is 14.6 Å². The van der Waals surface area contributed by atoms with Crippen molar-refractivity contribution in [1.82, 2.24) is 4.98 Å². The molecule has 0 bridgehead atoms. The fraction of sp³-hybridized carbons (Fsp3) is 0.750. The Morgan fingerprint density at radius 2 is 2.33 bits per heavy atom. The normalized spacial score (nSPS) is 19.2. The zero-order valence-corrected chi connectivity index (χ0v) is 11.9. The lowest BCUT2D eigenvalue weighted by molar-refractivity contribution is 0.0643. The molecule has 1 fully saturated rings. The van der Waals surface area contributed by atoms with E-state index < -0.39 is 0 Å². The van der Waals surface area contributed by atoms with Crippen molar-refractivity contribution in [3.05, 3.63) is 10.6 Å². The molecule has 0 aliphatic carbocycles. The summed E-state index contributed by atoms with van der Waals surface area (Å²) in [7, 11) is 1.64. The van der Waals surface area contributed by atoms with E-state index in [9.17, 15) is 5.11 Å². The van der Waals surface area contributed by atoms with Crippen LogP contribution in [0, 0.1) is 0 Å². The minimum absolute atomic E-state index is 0.0150. The Hall–Kier alpha value is -0.690. The van der Waals surface area contributed by atoms with Crippen LogP contribution in [0.15, 0.2) is 0 Å². The van der Waals surface area contributed by atoms with E-state index in [0.29, 0.717) is 13.2 Å². The highest BCUT2D eigenvalue weighted by Gasteiger charge is 2.33. The Morgan fingerprint density at radius 3 is 2.94 bits per heavy atom. The molecule has 0 spiro atoms. The van der Waals surface area contributed by atoms with Crippen molar-refractivity contribution in [2.24, 2.45) is 0 Å². The van der Waals surface area contributed by atoms with E-state index in [-0.39, 0.29) is 12.1 Å². The van der Waals surface area contributed by atoms with Crippen molar-refractivity contribution in [2.75, 3.05) is 31.8 Å². The molecule has 0 atom stereocenters. The second-order valence-electron chi connectivity index (χ2n) is 4.97. The Morgan fingerprint density at radius 1 is 1.56 bits per heavy atom. The number of hydrogen-bond donors (Lipinski definition) is 1. The smallest absolute Gasteiger partial charge is 0.186 e. The molecule has 1 aliphatic rings. The molecule has 5 nitrogen and oxygen atoms in total. The predicted octanol–water partition coefficient (Wildman–Crippen LogP) is 1.40. The number of nitrogens with zero attached hydrogens (tertiary/aromatic N) is 2. The van der Waals surface area contributed by atoms with Crippen LogP contribution in [-0.4, -0.2) is 42.5 Å². The van der Waals surface area contributed by atoms with Gasteiger partial charge in [-0.1, -0.05) is 11.3 Å². The summed E-state index contributed by atoms with van der Waals surface area (Å²) in [5, 5.41) is 10.3. The molecule has 0 amide bonds. The van der Waals surface area contributed by atoms with Crippen molar-refractivity contribution in [2.45, 2.75) is 32.6 Å². The van der Waals surface area contributed by atoms with E-state index in [4.69, 9.17) is 9.47 Å². The summed E-state index contributed by atoms with van der Waals surface area (Å²) in [6, 6.07) is 0. The third-order valence-electron chi connectivity index (χ3n) is 3.07. The van der Waals surface area contributed by atoms with Gasteiger partial charge in [0.15, 0.2) is 5.13 Å². The SMILES string of the molecule is COCc1nc(N2CCOCC2(C)C)sc1CO. The summed E-state index contributed by atoms with van der Waals surface area (Å²) < 4.78 is 10.6. The second-order valence-corrected chi connectivity index (χ2v) is 6.04. The first-order valence-corrected chi connectivity index (χ1v) is 6.84.